The Kier molecular flexibility index (Phi) is 4.49. The van der Waals surface area contributed by atoms with Gasteiger partial charge in [0.15, 0.2) is 0 Å². The fraction of sp³-hybridized carbons (Fsp3) is 0.412. The molecular formula is C17H20N4OS2. The summed E-state index contributed by atoms with van der Waals surface area (Å²) in [5, 5.41) is 5.48. The summed E-state index contributed by atoms with van der Waals surface area (Å²) < 4.78 is 5.43. The number of anilines is 1. The van der Waals surface area contributed by atoms with Crippen LogP contribution in [0.1, 0.15) is 5.82 Å². The van der Waals surface area contributed by atoms with Crippen LogP contribution < -0.4 is 4.90 Å². The molecule has 126 valence electrons. The van der Waals surface area contributed by atoms with E-state index in [1.165, 1.54) is 10.4 Å². The van der Waals surface area contributed by atoms with Crippen LogP contribution in [0.15, 0.2) is 22.9 Å². The smallest absolute Gasteiger partial charge is 0.146 e. The van der Waals surface area contributed by atoms with Gasteiger partial charge in [0.1, 0.15) is 16.5 Å². The summed E-state index contributed by atoms with van der Waals surface area (Å²) in [5.74, 6) is 1.90. The summed E-state index contributed by atoms with van der Waals surface area (Å²) in [5.41, 5.74) is 1.24. The summed E-state index contributed by atoms with van der Waals surface area (Å²) in [6.45, 7) is 4.27. The lowest BCUT2D eigenvalue weighted by Crippen LogP contribution is -2.36. The Morgan fingerprint density at radius 1 is 1.21 bits per heavy atom. The molecule has 0 amide bonds. The quantitative estimate of drug-likeness (QED) is 0.714. The lowest BCUT2D eigenvalue weighted by atomic mass is 10.2. The molecule has 1 fully saturated rings. The van der Waals surface area contributed by atoms with Gasteiger partial charge in [0.05, 0.1) is 25.1 Å². The molecule has 0 unspecified atom stereocenters. The number of thiophene rings is 2. The number of nitrogens with zero attached hydrogens (tertiary/aromatic N) is 4. The molecule has 0 spiro atoms. The van der Waals surface area contributed by atoms with Gasteiger partial charge >= 0.3 is 0 Å². The third-order valence-electron chi connectivity index (χ3n) is 4.14. The van der Waals surface area contributed by atoms with Crippen LogP contribution in [0.25, 0.3) is 20.7 Å². The van der Waals surface area contributed by atoms with E-state index >= 15 is 0 Å². The molecule has 1 aliphatic rings. The molecule has 3 aromatic heterocycles. The van der Waals surface area contributed by atoms with Crippen molar-refractivity contribution < 1.29 is 4.74 Å². The number of ether oxygens (including phenoxy) is 1. The monoisotopic (exact) mass is 360 g/mol. The highest BCUT2D eigenvalue weighted by atomic mass is 32.1. The van der Waals surface area contributed by atoms with Crippen molar-refractivity contribution in [1.29, 1.82) is 0 Å². The van der Waals surface area contributed by atoms with E-state index in [0.717, 1.165) is 54.7 Å². The van der Waals surface area contributed by atoms with Crippen molar-refractivity contribution in [1.82, 2.24) is 14.9 Å². The third kappa shape index (κ3) is 3.04. The molecule has 24 heavy (non-hydrogen) atoms. The van der Waals surface area contributed by atoms with Crippen molar-refractivity contribution in [2.24, 2.45) is 0 Å². The fourth-order valence-corrected chi connectivity index (χ4v) is 4.71. The molecule has 0 N–H and O–H groups in total. The van der Waals surface area contributed by atoms with Gasteiger partial charge in [0.2, 0.25) is 0 Å². The van der Waals surface area contributed by atoms with Gasteiger partial charge in [-0.2, -0.15) is 0 Å². The maximum Gasteiger partial charge on any atom is 0.146 e. The SMILES string of the molecule is CN(C)c1nc(CN2CCOCC2)nc2scc(-c3cccs3)c12. The molecule has 0 bridgehead atoms. The largest absolute Gasteiger partial charge is 0.379 e. The van der Waals surface area contributed by atoms with E-state index in [0.29, 0.717) is 0 Å². The molecule has 0 radical (unpaired) electrons. The minimum atomic E-state index is 0.784. The zero-order valence-corrected chi connectivity index (χ0v) is 15.5. The summed E-state index contributed by atoms with van der Waals surface area (Å²) in [7, 11) is 4.10. The first-order valence-electron chi connectivity index (χ1n) is 8.02. The van der Waals surface area contributed by atoms with Gasteiger partial charge in [-0.1, -0.05) is 6.07 Å². The van der Waals surface area contributed by atoms with Gasteiger partial charge < -0.3 is 9.64 Å². The van der Waals surface area contributed by atoms with Crippen LogP contribution in [0.5, 0.6) is 0 Å². The van der Waals surface area contributed by atoms with Crippen LogP contribution in [-0.4, -0.2) is 55.3 Å². The minimum absolute atomic E-state index is 0.784. The molecule has 1 aliphatic heterocycles. The standard InChI is InChI=1S/C17H20N4OS2/c1-20(2)16-15-12(13-4-3-9-23-13)11-24-17(15)19-14(18-16)10-21-5-7-22-8-6-21/h3-4,9,11H,5-8,10H2,1-2H3. The lowest BCUT2D eigenvalue weighted by molar-refractivity contribution is 0.0331. The molecule has 0 aromatic carbocycles. The Morgan fingerprint density at radius 2 is 2.04 bits per heavy atom. The van der Waals surface area contributed by atoms with Gasteiger partial charge in [0, 0.05) is 43.0 Å². The number of hydrogen-bond acceptors (Lipinski definition) is 7. The van der Waals surface area contributed by atoms with Gasteiger partial charge in [-0.25, -0.2) is 9.97 Å². The number of aromatic nitrogens is 2. The maximum atomic E-state index is 5.43. The second kappa shape index (κ2) is 6.76. The fourth-order valence-electron chi connectivity index (χ4n) is 2.93. The van der Waals surface area contributed by atoms with Crippen LogP contribution in [0.3, 0.4) is 0 Å². The van der Waals surface area contributed by atoms with E-state index < -0.39 is 0 Å². The minimum Gasteiger partial charge on any atom is -0.379 e. The molecular weight excluding hydrogens is 340 g/mol. The third-order valence-corrected chi connectivity index (χ3v) is 5.92. The van der Waals surface area contributed by atoms with Gasteiger partial charge in [-0.3, -0.25) is 4.90 Å². The summed E-state index contributed by atoms with van der Waals surface area (Å²) >= 11 is 3.46. The highest BCUT2D eigenvalue weighted by molar-refractivity contribution is 7.18. The van der Waals surface area contributed by atoms with E-state index in [1.807, 2.05) is 0 Å². The average Bonchev–Trinajstić information content (AvgIpc) is 3.24. The summed E-state index contributed by atoms with van der Waals surface area (Å²) in [6.07, 6.45) is 0. The molecule has 4 heterocycles. The van der Waals surface area contributed by atoms with Gasteiger partial charge in [-0.15, -0.1) is 22.7 Å². The molecule has 0 atom stereocenters. The van der Waals surface area contributed by atoms with Crippen LogP contribution in [0, 0.1) is 0 Å². The molecule has 0 saturated carbocycles. The Bertz CT molecular complexity index is 823. The second-order valence-electron chi connectivity index (χ2n) is 6.05. The zero-order valence-electron chi connectivity index (χ0n) is 13.9. The Hall–Kier alpha value is -1.54. The first-order chi connectivity index (χ1) is 11.7. The number of hydrogen-bond donors (Lipinski definition) is 0. The molecule has 5 nitrogen and oxygen atoms in total. The van der Waals surface area contributed by atoms with E-state index in [1.54, 1.807) is 22.7 Å². The summed E-state index contributed by atoms with van der Waals surface area (Å²) in [4.78, 5) is 16.5. The number of rotatable bonds is 4. The van der Waals surface area contributed by atoms with E-state index in [9.17, 15) is 0 Å². The average molecular weight is 361 g/mol. The van der Waals surface area contributed by atoms with E-state index in [4.69, 9.17) is 14.7 Å². The van der Waals surface area contributed by atoms with E-state index in [2.05, 4.69) is 46.8 Å². The molecule has 3 aromatic rings. The summed E-state index contributed by atoms with van der Waals surface area (Å²) in [6, 6.07) is 4.25. The van der Waals surface area contributed by atoms with Crippen molar-refractivity contribution in [3.05, 3.63) is 28.7 Å². The van der Waals surface area contributed by atoms with Crippen LogP contribution in [0.2, 0.25) is 0 Å². The predicted octanol–water partition coefficient (Wildman–Crippen LogP) is 3.32. The maximum absolute atomic E-state index is 5.43. The van der Waals surface area contributed by atoms with Crippen molar-refractivity contribution in [2.75, 3.05) is 45.3 Å². The van der Waals surface area contributed by atoms with E-state index in [-0.39, 0.29) is 0 Å². The number of morpholine rings is 1. The number of fused-ring (bicyclic) bond motifs is 1. The van der Waals surface area contributed by atoms with Crippen LogP contribution in [0.4, 0.5) is 5.82 Å². The normalized spacial score (nSPS) is 15.9. The van der Waals surface area contributed by atoms with Crippen molar-refractivity contribution in [3.63, 3.8) is 0 Å². The predicted molar refractivity (Wildman–Crippen MR) is 101 cm³/mol. The van der Waals surface area contributed by atoms with Gasteiger partial charge in [0.25, 0.3) is 0 Å². The zero-order chi connectivity index (χ0) is 16.5. The molecule has 0 aliphatic carbocycles. The molecule has 7 heteroatoms. The van der Waals surface area contributed by atoms with Crippen molar-refractivity contribution in [2.45, 2.75) is 6.54 Å². The highest BCUT2D eigenvalue weighted by Crippen LogP contribution is 2.39. The Balaban J connectivity index is 1.76. The second-order valence-corrected chi connectivity index (χ2v) is 7.86. The first kappa shape index (κ1) is 16.0. The lowest BCUT2D eigenvalue weighted by Gasteiger charge is -2.26. The Labute approximate surface area is 149 Å². The van der Waals surface area contributed by atoms with Gasteiger partial charge in [-0.05, 0) is 11.4 Å². The van der Waals surface area contributed by atoms with Crippen LogP contribution >= 0.6 is 22.7 Å². The molecule has 4 rings (SSSR count). The highest BCUT2D eigenvalue weighted by Gasteiger charge is 2.19. The van der Waals surface area contributed by atoms with Crippen molar-refractivity contribution >= 4 is 38.7 Å². The topological polar surface area (TPSA) is 41.5 Å². The molecule has 1 saturated heterocycles. The Morgan fingerprint density at radius 3 is 2.75 bits per heavy atom. The first-order valence-corrected chi connectivity index (χ1v) is 9.78. The van der Waals surface area contributed by atoms with Crippen molar-refractivity contribution in [3.8, 4) is 10.4 Å². The van der Waals surface area contributed by atoms with Crippen LogP contribution in [-0.2, 0) is 11.3 Å².